The van der Waals surface area contributed by atoms with Gasteiger partial charge < -0.3 is 15.2 Å². The zero-order valence-corrected chi connectivity index (χ0v) is 9.83. The number of aliphatic carboxylic acids is 2. The SMILES string of the molecule is CC1(C(=O)O)C=CC=C(C(=O)O)C1.c1c[nH]cn1. The second-order valence-corrected chi connectivity index (χ2v) is 4.02. The second-order valence-electron chi connectivity index (χ2n) is 4.02. The predicted octanol–water partition coefficient (Wildman–Crippen LogP) is 1.46. The topological polar surface area (TPSA) is 103 Å². The molecule has 1 aliphatic carbocycles. The molecule has 0 aliphatic heterocycles. The number of hydrogen-bond donors (Lipinski definition) is 3. The fourth-order valence-corrected chi connectivity index (χ4v) is 1.40. The number of nitrogens with zero attached hydrogens (tertiary/aromatic N) is 1. The maximum Gasteiger partial charge on any atom is 0.331 e. The van der Waals surface area contributed by atoms with Gasteiger partial charge in [0.15, 0.2) is 0 Å². The molecular weight excluding hydrogens is 236 g/mol. The highest BCUT2D eigenvalue weighted by atomic mass is 16.4. The zero-order valence-electron chi connectivity index (χ0n) is 9.83. The van der Waals surface area contributed by atoms with Crippen LogP contribution in [0.4, 0.5) is 0 Å². The number of carboxylic acids is 2. The average molecular weight is 250 g/mol. The van der Waals surface area contributed by atoms with E-state index in [1.54, 1.807) is 18.7 Å². The lowest BCUT2D eigenvalue weighted by Gasteiger charge is -2.23. The van der Waals surface area contributed by atoms with Gasteiger partial charge in [-0.15, -0.1) is 0 Å². The first-order valence-electron chi connectivity index (χ1n) is 5.23. The number of aromatic nitrogens is 2. The molecule has 0 spiro atoms. The van der Waals surface area contributed by atoms with Crippen molar-refractivity contribution in [2.24, 2.45) is 5.41 Å². The van der Waals surface area contributed by atoms with Crippen LogP contribution in [0.5, 0.6) is 0 Å². The van der Waals surface area contributed by atoms with Gasteiger partial charge >= 0.3 is 11.9 Å². The van der Waals surface area contributed by atoms with Crippen LogP contribution < -0.4 is 0 Å². The number of imidazole rings is 1. The lowest BCUT2D eigenvalue weighted by Crippen LogP contribution is -2.28. The van der Waals surface area contributed by atoms with Crippen LogP contribution in [0.1, 0.15) is 13.3 Å². The van der Waals surface area contributed by atoms with E-state index in [0.717, 1.165) is 0 Å². The number of rotatable bonds is 2. The molecule has 0 aromatic carbocycles. The smallest absolute Gasteiger partial charge is 0.331 e. The van der Waals surface area contributed by atoms with Gasteiger partial charge in [0.25, 0.3) is 0 Å². The van der Waals surface area contributed by atoms with Crippen molar-refractivity contribution in [3.8, 4) is 0 Å². The van der Waals surface area contributed by atoms with Crippen LogP contribution in [-0.2, 0) is 9.59 Å². The number of nitrogens with one attached hydrogen (secondary N) is 1. The van der Waals surface area contributed by atoms with E-state index in [0.29, 0.717) is 0 Å². The van der Waals surface area contributed by atoms with Crippen LogP contribution in [0.15, 0.2) is 42.5 Å². The van der Waals surface area contributed by atoms with Crippen LogP contribution in [0.2, 0.25) is 0 Å². The van der Waals surface area contributed by atoms with E-state index in [-0.39, 0.29) is 12.0 Å². The molecule has 1 heterocycles. The molecule has 1 unspecified atom stereocenters. The molecule has 0 amide bonds. The van der Waals surface area contributed by atoms with E-state index >= 15 is 0 Å². The molecule has 3 N–H and O–H groups in total. The molecule has 18 heavy (non-hydrogen) atoms. The Morgan fingerprint density at radius 1 is 1.44 bits per heavy atom. The van der Waals surface area contributed by atoms with Gasteiger partial charge in [-0.3, -0.25) is 4.79 Å². The number of carboxylic acid groups (broad SMARTS) is 2. The van der Waals surface area contributed by atoms with Gasteiger partial charge in [-0.05, 0) is 13.3 Å². The highest BCUT2D eigenvalue weighted by molar-refractivity contribution is 5.90. The van der Waals surface area contributed by atoms with E-state index in [2.05, 4.69) is 9.97 Å². The van der Waals surface area contributed by atoms with Crippen molar-refractivity contribution in [1.82, 2.24) is 9.97 Å². The molecule has 1 aromatic heterocycles. The minimum atomic E-state index is -1.08. The van der Waals surface area contributed by atoms with Gasteiger partial charge in [-0.25, -0.2) is 9.78 Å². The first kappa shape index (κ1) is 13.7. The molecule has 1 aromatic rings. The summed E-state index contributed by atoms with van der Waals surface area (Å²) in [6.45, 7) is 1.50. The maximum atomic E-state index is 10.8. The summed E-state index contributed by atoms with van der Waals surface area (Å²) in [5, 5.41) is 17.5. The van der Waals surface area contributed by atoms with Crippen molar-refractivity contribution in [3.05, 3.63) is 42.5 Å². The summed E-state index contributed by atoms with van der Waals surface area (Å²) in [6.07, 6.45) is 9.52. The van der Waals surface area contributed by atoms with Crippen LogP contribution in [0.3, 0.4) is 0 Å². The number of aromatic amines is 1. The molecule has 96 valence electrons. The van der Waals surface area contributed by atoms with Gasteiger partial charge in [0.05, 0.1) is 11.7 Å². The molecule has 6 heteroatoms. The van der Waals surface area contributed by atoms with Crippen molar-refractivity contribution in [2.75, 3.05) is 0 Å². The summed E-state index contributed by atoms with van der Waals surface area (Å²) >= 11 is 0. The van der Waals surface area contributed by atoms with Gasteiger partial charge in [0.2, 0.25) is 0 Å². The summed E-state index contributed by atoms with van der Waals surface area (Å²) in [7, 11) is 0. The summed E-state index contributed by atoms with van der Waals surface area (Å²) in [4.78, 5) is 27.8. The molecule has 2 rings (SSSR count). The van der Waals surface area contributed by atoms with Gasteiger partial charge in [-0.1, -0.05) is 18.2 Å². The lowest BCUT2D eigenvalue weighted by atomic mass is 9.80. The van der Waals surface area contributed by atoms with E-state index in [9.17, 15) is 9.59 Å². The quantitative estimate of drug-likeness (QED) is 0.737. The summed E-state index contributed by atoms with van der Waals surface area (Å²) in [5.41, 5.74) is -0.949. The number of allylic oxidation sites excluding steroid dienone is 2. The minimum absolute atomic E-state index is 0.0359. The minimum Gasteiger partial charge on any atom is -0.481 e. The van der Waals surface area contributed by atoms with E-state index in [4.69, 9.17) is 10.2 Å². The fourth-order valence-electron chi connectivity index (χ4n) is 1.40. The largest absolute Gasteiger partial charge is 0.481 e. The Kier molecular flexibility index (Phi) is 4.42. The molecule has 0 bridgehead atoms. The van der Waals surface area contributed by atoms with E-state index in [1.807, 2.05) is 0 Å². The highest BCUT2D eigenvalue weighted by Gasteiger charge is 2.34. The Hall–Kier alpha value is -2.37. The number of H-pyrrole nitrogens is 1. The Bertz CT molecular complexity index is 459. The van der Waals surface area contributed by atoms with Crippen LogP contribution in [-0.4, -0.2) is 32.1 Å². The van der Waals surface area contributed by atoms with Crippen LogP contribution in [0.25, 0.3) is 0 Å². The molecule has 0 fully saturated rings. The number of hydrogen-bond acceptors (Lipinski definition) is 3. The average Bonchev–Trinajstić information content (AvgIpc) is 2.87. The third kappa shape index (κ3) is 3.58. The fraction of sp³-hybridized carbons (Fsp3) is 0.250. The first-order valence-corrected chi connectivity index (χ1v) is 5.23. The van der Waals surface area contributed by atoms with Crippen molar-refractivity contribution < 1.29 is 19.8 Å². The molecular formula is C12H14N2O4. The zero-order chi connectivity index (χ0) is 13.6. The van der Waals surface area contributed by atoms with Crippen molar-refractivity contribution in [3.63, 3.8) is 0 Å². The first-order chi connectivity index (χ1) is 8.46. The normalized spacial score (nSPS) is 21.5. The van der Waals surface area contributed by atoms with Gasteiger partial charge in [0.1, 0.15) is 0 Å². The van der Waals surface area contributed by atoms with Gasteiger partial charge in [0, 0.05) is 18.0 Å². The Morgan fingerprint density at radius 2 is 2.17 bits per heavy atom. The summed E-state index contributed by atoms with van der Waals surface area (Å²) in [5.74, 6) is -2.06. The monoisotopic (exact) mass is 250 g/mol. The highest BCUT2D eigenvalue weighted by Crippen LogP contribution is 2.31. The van der Waals surface area contributed by atoms with Crippen molar-refractivity contribution in [1.29, 1.82) is 0 Å². The molecule has 0 radical (unpaired) electrons. The van der Waals surface area contributed by atoms with E-state index in [1.165, 1.54) is 25.2 Å². The maximum absolute atomic E-state index is 10.8. The molecule has 0 saturated carbocycles. The standard InChI is InChI=1S/C9H10O4.C3H4N2/c1-9(8(12)13)4-2-3-6(5-9)7(10)11;1-2-5-3-4-1/h2-4H,5H2,1H3,(H,10,11)(H,12,13);1-3H,(H,4,5). The molecule has 0 saturated heterocycles. The van der Waals surface area contributed by atoms with E-state index < -0.39 is 17.4 Å². The van der Waals surface area contributed by atoms with Gasteiger partial charge in [-0.2, -0.15) is 0 Å². The Labute approximate surface area is 104 Å². The predicted molar refractivity (Wildman–Crippen MR) is 63.8 cm³/mol. The lowest BCUT2D eigenvalue weighted by molar-refractivity contribution is -0.145. The molecule has 1 aliphatic rings. The Balaban J connectivity index is 0.000000269. The summed E-state index contributed by atoms with van der Waals surface area (Å²) < 4.78 is 0. The second kappa shape index (κ2) is 5.81. The Morgan fingerprint density at radius 3 is 2.56 bits per heavy atom. The number of carbonyl (C=O) groups is 2. The third-order valence-corrected chi connectivity index (χ3v) is 2.49. The van der Waals surface area contributed by atoms with Crippen LogP contribution in [0, 0.1) is 5.41 Å². The van der Waals surface area contributed by atoms with Crippen molar-refractivity contribution >= 4 is 11.9 Å². The summed E-state index contributed by atoms with van der Waals surface area (Å²) in [6, 6.07) is 0. The van der Waals surface area contributed by atoms with Crippen LogP contribution >= 0.6 is 0 Å². The molecule has 1 atom stereocenters. The third-order valence-electron chi connectivity index (χ3n) is 2.49. The molecule has 6 nitrogen and oxygen atoms in total. The van der Waals surface area contributed by atoms with Crippen molar-refractivity contribution in [2.45, 2.75) is 13.3 Å².